The third-order valence-electron chi connectivity index (χ3n) is 14.0. The Morgan fingerprint density at radius 2 is 0.835 bits per heavy atom. The number of carbonyl (C=O) groups is 8. The molecule has 0 aliphatic heterocycles. The zero-order valence-corrected chi connectivity index (χ0v) is 52.6. The van der Waals surface area contributed by atoms with Crippen LogP contribution < -0.4 is 70.6 Å². The second kappa shape index (κ2) is 39.4. The Morgan fingerprint density at radius 3 is 1.19 bits per heavy atom. The van der Waals surface area contributed by atoms with Crippen molar-refractivity contribution in [3.05, 3.63) is 60.2 Å². The van der Waals surface area contributed by atoms with Crippen LogP contribution in [-0.2, 0) is 54.8 Å². The van der Waals surface area contributed by atoms with E-state index in [1.807, 2.05) is 85.7 Å². The van der Waals surface area contributed by atoms with Gasteiger partial charge in [0.15, 0.2) is 0 Å². The number of ether oxygens (including phenoxy) is 1. The van der Waals surface area contributed by atoms with E-state index < -0.39 is 112 Å². The highest BCUT2D eigenvalue weighted by Gasteiger charge is 2.36. The van der Waals surface area contributed by atoms with Crippen LogP contribution in [0.25, 0.3) is 0 Å². The van der Waals surface area contributed by atoms with Gasteiger partial charge < -0.3 is 70.6 Å². The maximum Gasteiger partial charge on any atom is 0.243 e. The smallest absolute Gasteiger partial charge is 0.243 e. The van der Waals surface area contributed by atoms with Crippen molar-refractivity contribution >= 4 is 57.3 Å². The molecule has 17 N–H and O–H groups in total. The van der Waals surface area contributed by atoms with Gasteiger partial charge in [-0.3, -0.25) is 38.4 Å². The predicted octanol–water partition coefficient (Wildman–Crippen LogP) is 1.71. The van der Waals surface area contributed by atoms with E-state index >= 15 is 0 Å². The molecule has 85 heavy (non-hydrogen) atoms. The lowest BCUT2D eigenvalue weighted by Gasteiger charge is -2.30. The number of unbranched alkanes of at least 4 members (excludes halogenated alkanes) is 3. The Morgan fingerprint density at radius 1 is 0.482 bits per heavy atom. The molecule has 25 heteroatoms. The summed E-state index contributed by atoms with van der Waals surface area (Å²) in [7, 11) is -2.90. The van der Waals surface area contributed by atoms with Gasteiger partial charge in [-0.1, -0.05) is 85.7 Å². The molecule has 0 unspecified atom stereocenters. The number of hydrogen-bond donors (Lipinski definition) is 12. The van der Waals surface area contributed by atoms with Crippen molar-refractivity contribution < 1.29 is 51.5 Å². The molecular formula is C60H103N13O11S. The van der Waals surface area contributed by atoms with Crippen molar-refractivity contribution in [3.63, 3.8) is 0 Å². The highest BCUT2D eigenvalue weighted by molar-refractivity contribution is 7.89. The number of amides is 8. The van der Waals surface area contributed by atoms with Gasteiger partial charge in [0.05, 0.1) is 24.6 Å². The number of carbonyl (C=O) groups excluding carboxylic acids is 8. The van der Waals surface area contributed by atoms with Gasteiger partial charge in [-0.05, 0) is 163 Å². The number of hydrogen-bond acceptors (Lipinski definition) is 15. The molecule has 8 amide bonds. The number of sulfonamides is 1. The number of methoxy groups -OCH3 is 1. The van der Waals surface area contributed by atoms with E-state index in [0.717, 1.165) is 9.87 Å². The van der Waals surface area contributed by atoms with Gasteiger partial charge in [-0.25, -0.2) is 8.42 Å². The summed E-state index contributed by atoms with van der Waals surface area (Å²) in [5.41, 5.74) is 30.2. The van der Waals surface area contributed by atoms with Gasteiger partial charge in [0.25, 0.3) is 0 Å². The highest BCUT2D eigenvalue weighted by atomic mass is 32.2. The Bertz CT molecular complexity index is 2490. The minimum absolute atomic E-state index is 0.0390. The standard InChI is InChI=1S/C60H103N13O11S/c1-38(2)31-43(36-73(37-53(65)74)85(82,83)45-26-24-44(84-9)25-27-45)66-55(76)47(21-13-16-28-61)67-56(77)48(22-14-17-29-62)68-59(80)51(33-40(5)6)72-60(81)52(34-41(7)8)71-57(78)49(23-15-18-30-63)69-58(79)50(32-39(3)4)70-54(75)46(64)35-42-19-11-10-12-20-42/h10-12,19-20,24-27,38-41,43,46-52H,13-18,21-23,28-37,61-64H2,1-9H3,(H2,65,74)(H,66,76)(H,67,77)(H,68,80)(H,69,79)(H,70,75)(H,71,78)(H,72,81)/t43-,46-,47-,48-,49-,50-,51-,52-/m0/s1. The number of benzene rings is 2. The molecule has 0 spiro atoms. The lowest BCUT2D eigenvalue weighted by atomic mass is 9.98. The van der Waals surface area contributed by atoms with E-state index in [9.17, 15) is 46.8 Å². The maximum absolute atomic E-state index is 14.5. The maximum atomic E-state index is 14.5. The average Bonchev–Trinajstić information content (AvgIpc) is 3.45. The molecule has 2 aromatic rings. The Kier molecular flexibility index (Phi) is 34.7. The summed E-state index contributed by atoms with van der Waals surface area (Å²) in [5.74, 6) is -5.46. The summed E-state index contributed by atoms with van der Waals surface area (Å²) in [6.07, 6.45) is 4.16. The molecule has 0 fully saturated rings. The van der Waals surface area contributed by atoms with Crippen molar-refractivity contribution in [2.24, 2.45) is 52.3 Å². The summed E-state index contributed by atoms with van der Waals surface area (Å²) in [6, 6.07) is 6.01. The second-order valence-electron chi connectivity index (χ2n) is 23.7. The molecule has 8 atom stereocenters. The fourth-order valence-corrected chi connectivity index (χ4v) is 11.1. The third-order valence-corrected chi connectivity index (χ3v) is 15.8. The van der Waals surface area contributed by atoms with Crippen molar-refractivity contribution in [2.45, 2.75) is 199 Å². The predicted molar refractivity (Wildman–Crippen MR) is 329 cm³/mol. The summed E-state index contributed by atoms with van der Waals surface area (Å²) in [4.78, 5) is 112. The SMILES string of the molecule is COc1ccc(S(=O)(=O)N(CC(N)=O)C[C@H](CC(C)C)NC(=O)[C@H](CCCCN)NC(=O)[C@H](CCCCN)NC(=O)[C@H](CC(C)C)NC(=O)[C@H](CC(C)C)NC(=O)[C@H](CCCCN)NC(=O)[C@H](CC(C)C)NC(=O)[C@@H](N)Cc2ccccc2)cc1. The van der Waals surface area contributed by atoms with Crippen molar-refractivity contribution in [1.82, 2.24) is 41.5 Å². The van der Waals surface area contributed by atoms with Gasteiger partial charge in [0, 0.05) is 12.6 Å². The van der Waals surface area contributed by atoms with Crippen LogP contribution in [0.1, 0.15) is 144 Å². The summed E-state index contributed by atoms with van der Waals surface area (Å²) >= 11 is 0. The van der Waals surface area contributed by atoms with E-state index in [0.29, 0.717) is 57.4 Å². The Labute approximate surface area is 504 Å². The third kappa shape index (κ3) is 28.7. The molecule has 480 valence electrons. The first-order chi connectivity index (χ1) is 40.1. The van der Waals surface area contributed by atoms with Crippen LogP contribution >= 0.6 is 0 Å². The zero-order chi connectivity index (χ0) is 63.8. The fraction of sp³-hybridized carbons (Fsp3) is 0.667. The van der Waals surface area contributed by atoms with E-state index in [1.54, 1.807) is 0 Å². The van der Waals surface area contributed by atoms with Crippen molar-refractivity contribution in [3.8, 4) is 5.75 Å². The van der Waals surface area contributed by atoms with Crippen molar-refractivity contribution in [2.75, 3.05) is 39.8 Å². The molecule has 2 rings (SSSR count). The van der Waals surface area contributed by atoms with Crippen LogP contribution in [0.15, 0.2) is 59.5 Å². The van der Waals surface area contributed by atoms with Crippen LogP contribution in [0, 0.1) is 23.7 Å². The van der Waals surface area contributed by atoms with Crippen LogP contribution in [0.5, 0.6) is 5.75 Å². The lowest BCUT2D eigenvalue weighted by Crippen LogP contribution is -2.60. The molecule has 0 aliphatic carbocycles. The van der Waals surface area contributed by atoms with Crippen LogP contribution in [0.3, 0.4) is 0 Å². The van der Waals surface area contributed by atoms with Gasteiger partial charge in [0.1, 0.15) is 42.0 Å². The van der Waals surface area contributed by atoms with Crippen LogP contribution in [-0.4, -0.2) is 148 Å². The molecule has 0 radical (unpaired) electrons. The van der Waals surface area contributed by atoms with Crippen LogP contribution in [0.4, 0.5) is 0 Å². The fourth-order valence-electron chi connectivity index (χ4n) is 9.61. The quantitative estimate of drug-likeness (QED) is 0.0421. The van der Waals surface area contributed by atoms with E-state index in [-0.39, 0.29) is 93.0 Å². The molecule has 0 bridgehead atoms. The Balaban J connectivity index is 2.46. The topological polar surface area (TPSA) is 397 Å². The number of rotatable bonds is 43. The first-order valence-corrected chi connectivity index (χ1v) is 31.5. The largest absolute Gasteiger partial charge is 0.497 e. The molecular weight excluding hydrogens is 1110 g/mol. The molecule has 0 aromatic heterocycles. The van der Waals surface area contributed by atoms with E-state index in [1.165, 1.54) is 31.4 Å². The van der Waals surface area contributed by atoms with Crippen molar-refractivity contribution in [1.29, 1.82) is 0 Å². The summed E-state index contributed by atoms with van der Waals surface area (Å²) in [5, 5.41) is 19.9. The molecule has 2 aromatic carbocycles. The Hall–Kier alpha value is -6.25. The minimum atomic E-state index is -4.33. The van der Waals surface area contributed by atoms with E-state index in [2.05, 4.69) is 37.2 Å². The van der Waals surface area contributed by atoms with Gasteiger partial charge in [0.2, 0.25) is 57.3 Å². The monoisotopic (exact) mass is 1210 g/mol. The highest BCUT2D eigenvalue weighted by Crippen LogP contribution is 2.22. The lowest BCUT2D eigenvalue weighted by molar-refractivity contribution is -0.136. The van der Waals surface area contributed by atoms with Crippen LogP contribution in [0.2, 0.25) is 0 Å². The molecule has 0 saturated heterocycles. The normalized spacial score (nSPS) is 14.6. The first kappa shape index (κ1) is 74.8. The minimum Gasteiger partial charge on any atom is -0.497 e. The van der Waals surface area contributed by atoms with Gasteiger partial charge in [-0.15, -0.1) is 0 Å². The number of nitrogens with one attached hydrogen (secondary N) is 7. The number of primary amides is 1. The molecule has 0 saturated carbocycles. The first-order valence-electron chi connectivity index (χ1n) is 30.1. The second-order valence-corrected chi connectivity index (χ2v) is 25.6. The summed E-state index contributed by atoms with van der Waals surface area (Å²) in [6.45, 7) is 14.9. The molecule has 0 aliphatic rings. The summed E-state index contributed by atoms with van der Waals surface area (Å²) < 4.78 is 34.1. The average molecular weight is 1210 g/mol. The zero-order valence-electron chi connectivity index (χ0n) is 51.8. The van der Waals surface area contributed by atoms with E-state index in [4.69, 9.17) is 33.4 Å². The molecule has 0 heterocycles. The van der Waals surface area contributed by atoms with Gasteiger partial charge >= 0.3 is 0 Å². The number of nitrogens with zero attached hydrogens (tertiary/aromatic N) is 1. The number of nitrogens with two attached hydrogens (primary N) is 5. The van der Waals surface area contributed by atoms with Gasteiger partial charge in [-0.2, -0.15) is 4.31 Å². The molecule has 24 nitrogen and oxygen atoms in total.